The molecule has 3 heteroatoms. The molecular formula is C13H14O3. The standard InChI is InChI=1S/C13H14O3/c1-15-9-4-5-12-10(6-9)11(14)7-13(16-12)8-2-3-8/h4-6,8,13H,2-3,7H2,1H3. The van der Waals surface area contributed by atoms with Crippen molar-refractivity contribution in [1.82, 2.24) is 0 Å². The highest BCUT2D eigenvalue weighted by molar-refractivity contribution is 6.00. The maximum Gasteiger partial charge on any atom is 0.170 e. The van der Waals surface area contributed by atoms with Crippen LogP contribution in [-0.2, 0) is 0 Å². The van der Waals surface area contributed by atoms with Gasteiger partial charge in [-0.05, 0) is 37.0 Å². The van der Waals surface area contributed by atoms with Crippen molar-refractivity contribution in [3.8, 4) is 11.5 Å². The first-order valence-corrected chi connectivity index (χ1v) is 5.66. The molecule has 1 saturated carbocycles. The van der Waals surface area contributed by atoms with Crippen LogP contribution in [0.2, 0.25) is 0 Å². The average molecular weight is 218 g/mol. The highest BCUT2D eigenvalue weighted by Crippen LogP contribution is 2.41. The Bertz CT molecular complexity index is 435. The quantitative estimate of drug-likeness (QED) is 0.764. The van der Waals surface area contributed by atoms with Gasteiger partial charge >= 0.3 is 0 Å². The van der Waals surface area contributed by atoms with E-state index in [1.54, 1.807) is 13.2 Å². The number of carbonyl (C=O) groups is 1. The van der Waals surface area contributed by atoms with Gasteiger partial charge in [-0.25, -0.2) is 0 Å². The van der Waals surface area contributed by atoms with Crippen LogP contribution in [-0.4, -0.2) is 19.0 Å². The summed E-state index contributed by atoms with van der Waals surface area (Å²) in [6.07, 6.45) is 3.02. The fourth-order valence-corrected chi connectivity index (χ4v) is 2.19. The van der Waals surface area contributed by atoms with Crippen LogP contribution < -0.4 is 9.47 Å². The van der Waals surface area contributed by atoms with Gasteiger partial charge in [-0.1, -0.05) is 0 Å². The maximum atomic E-state index is 12.0. The minimum absolute atomic E-state index is 0.105. The number of hydrogen-bond donors (Lipinski definition) is 0. The predicted octanol–water partition coefficient (Wildman–Crippen LogP) is 2.44. The number of benzene rings is 1. The molecule has 1 heterocycles. The normalized spacial score (nSPS) is 23.6. The van der Waals surface area contributed by atoms with Gasteiger partial charge in [0.05, 0.1) is 12.7 Å². The van der Waals surface area contributed by atoms with Gasteiger partial charge in [0.2, 0.25) is 0 Å². The second kappa shape index (κ2) is 3.51. The fourth-order valence-electron chi connectivity index (χ4n) is 2.19. The van der Waals surface area contributed by atoms with E-state index in [-0.39, 0.29) is 11.9 Å². The third kappa shape index (κ3) is 1.56. The third-order valence-corrected chi connectivity index (χ3v) is 3.30. The summed E-state index contributed by atoms with van der Waals surface area (Å²) in [5.41, 5.74) is 0.663. The molecule has 1 atom stereocenters. The molecule has 1 aromatic carbocycles. The van der Waals surface area contributed by atoms with E-state index in [4.69, 9.17) is 9.47 Å². The Morgan fingerprint density at radius 2 is 2.19 bits per heavy atom. The van der Waals surface area contributed by atoms with E-state index in [1.165, 1.54) is 12.8 Å². The molecule has 1 aromatic rings. The van der Waals surface area contributed by atoms with E-state index in [2.05, 4.69) is 0 Å². The van der Waals surface area contributed by atoms with E-state index in [0.29, 0.717) is 29.4 Å². The molecule has 84 valence electrons. The molecule has 3 rings (SSSR count). The third-order valence-electron chi connectivity index (χ3n) is 3.30. The molecule has 0 bridgehead atoms. The molecule has 16 heavy (non-hydrogen) atoms. The lowest BCUT2D eigenvalue weighted by Crippen LogP contribution is -2.28. The van der Waals surface area contributed by atoms with E-state index >= 15 is 0 Å². The van der Waals surface area contributed by atoms with Crippen molar-refractivity contribution in [2.75, 3.05) is 7.11 Å². The van der Waals surface area contributed by atoms with E-state index in [1.807, 2.05) is 12.1 Å². The SMILES string of the molecule is COc1ccc2c(c1)C(=O)CC(C1CC1)O2. The van der Waals surface area contributed by atoms with Gasteiger partial charge in [-0.15, -0.1) is 0 Å². The van der Waals surface area contributed by atoms with E-state index < -0.39 is 0 Å². The molecule has 3 nitrogen and oxygen atoms in total. The summed E-state index contributed by atoms with van der Waals surface area (Å²) in [6.45, 7) is 0. The largest absolute Gasteiger partial charge is 0.497 e. The van der Waals surface area contributed by atoms with Gasteiger partial charge in [-0.3, -0.25) is 4.79 Å². The number of methoxy groups -OCH3 is 1. The van der Waals surface area contributed by atoms with Crippen LogP contribution >= 0.6 is 0 Å². The minimum atomic E-state index is 0.105. The zero-order valence-corrected chi connectivity index (χ0v) is 9.23. The monoisotopic (exact) mass is 218 g/mol. The van der Waals surface area contributed by atoms with Crippen molar-refractivity contribution in [2.45, 2.75) is 25.4 Å². The van der Waals surface area contributed by atoms with Crippen LogP contribution in [0, 0.1) is 5.92 Å². The highest BCUT2D eigenvalue weighted by atomic mass is 16.5. The molecule has 0 radical (unpaired) electrons. The van der Waals surface area contributed by atoms with Crippen molar-refractivity contribution in [3.63, 3.8) is 0 Å². The van der Waals surface area contributed by atoms with Crippen LogP contribution in [0.1, 0.15) is 29.6 Å². The zero-order valence-electron chi connectivity index (χ0n) is 9.23. The summed E-state index contributed by atoms with van der Waals surface area (Å²) < 4.78 is 11.0. The lowest BCUT2D eigenvalue weighted by molar-refractivity contribution is 0.0818. The minimum Gasteiger partial charge on any atom is -0.497 e. The predicted molar refractivity (Wildman–Crippen MR) is 59.1 cm³/mol. The Hall–Kier alpha value is -1.51. The average Bonchev–Trinajstić information content (AvgIpc) is 3.12. The Labute approximate surface area is 94.4 Å². The van der Waals surface area contributed by atoms with Crippen molar-refractivity contribution in [1.29, 1.82) is 0 Å². The molecule has 0 saturated heterocycles. The molecule has 0 spiro atoms. The van der Waals surface area contributed by atoms with Crippen LogP contribution in [0.3, 0.4) is 0 Å². The molecule has 1 aliphatic heterocycles. The van der Waals surface area contributed by atoms with Gasteiger partial charge in [0.25, 0.3) is 0 Å². The summed E-state index contributed by atoms with van der Waals surface area (Å²) in [6, 6.07) is 5.43. The van der Waals surface area contributed by atoms with Crippen LogP contribution in [0.25, 0.3) is 0 Å². The summed E-state index contributed by atoms with van der Waals surface area (Å²) in [4.78, 5) is 12.0. The number of rotatable bonds is 2. The number of ketones is 1. The fraction of sp³-hybridized carbons (Fsp3) is 0.462. The van der Waals surface area contributed by atoms with Crippen molar-refractivity contribution >= 4 is 5.78 Å². The molecule has 0 N–H and O–H groups in total. The molecule has 2 aliphatic rings. The van der Waals surface area contributed by atoms with Crippen molar-refractivity contribution in [2.24, 2.45) is 5.92 Å². The number of Topliss-reactive ketones (excluding diaryl/α,β-unsaturated/α-hetero) is 1. The number of hydrogen-bond acceptors (Lipinski definition) is 3. The molecule has 0 aromatic heterocycles. The van der Waals surface area contributed by atoms with Gasteiger partial charge in [0, 0.05) is 6.42 Å². The van der Waals surface area contributed by atoms with Crippen molar-refractivity contribution in [3.05, 3.63) is 23.8 Å². The molecule has 1 unspecified atom stereocenters. The molecule has 1 fully saturated rings. The summed E-state index contributed by atoms with van der Waals surface area (Å²) in [7, 11) is 1.60. The summed E-state index contributed by atoms with van der Waals surface area (Å²) >= 11 is 0. The van der Waals surface area contributed by atoms with Gasteiger partial charge in [0.1, 0.15) is 17.6 Å². The van der Waals surface area contributed by atoms with Crippen LogP contribution in [0.5, 0.6) is 11.5 Å². The second-order valence-electron chi connectivity index (χ2n) is 4.48. The lowest BCUT2D eigenvalue weighted by atomic mass is 9.98. The van der Waals surface area contributed by atoms with E-state index in [9.17, 15) is 4.79 Å². The molecule has 1 aliphatic carbocycles. The number of carbonyl (C=O) groups excluding carboxylic acids is 1. The maximum absolute atomic E-state index is 12.0. The second-order valence-corrected chi connectivity index (χ2v) is 4.48. The first-order valence-electron chi connectivity index (χ1n) is 5.66. The summed E-state index contributed by atoms with van der Waals surface area (Å²) in [5.74, 6) is 2.20. The Balaban J connectivity index is 1.93. The Morgan fingerprint density at radius 3 is 2.88 bits per heavy atom. The number of fused-ring (bicyclic) bond motifs is 1. The Morgan fingerprint density at radius 1 is 1.38 bits per heavy atom. The van der Waals surface area contributed by atoms with Gasteiger partial charge in [-0.2, -0.15) is 0 Å². The smallest absolute Gasteiger partial charge is 0.170 e. The number of ether oxygens (including phenoxy) is 2. The van der Waals surface area contributed by atoms with Crippen molar-refractivity contribution < 1.29 is 14.3 Å². The Kier molecular flexibility index (Phi) is 2.13. The molecular weight excluding hydrogens is 204 g/mol. The van der Waals surface area contributed by atoms with Gasteiger partial charge < -0.3 is 9.47 Å². The van der Waals surface area contributed by atoms with Crippen LogP contribution in [0.4, 0.5) is 0 Å². The van der Waals surface area contributed by atoms with Gasteiger partial charge in [0.15, 0.2) is 5.78 Å². The first kappa shape index (κ1) is 9.70. The zero-order chi connectivity index (χ0) is 11.1. The topological polar surface area (TPSA) is 35.5 Å². The summed E-state index contributed by atoms with van der Waals surface area (Å²) in [5, 5.41) is 0. The lowest BCUT2D eigenvalue weighted by Gasteiger charge is -2.25. The highest BCUT2D eigenvalue weighted by Gasteiger charge is 2.38. The molecule has 0 amide bonds. The first-order chi connectivity index (χ1) is 7.78. The van der Waals surface area contributed by atoms with Crippen LogP contribution in [0.15, 0.2) is 18.2 Å². The van der Waals surface area contributed by atoms with E-state index in [0.717, 1.165) is 0 Å².